The molecule has 102 valence electrons. The Labute approximate surface area is 111 Å². The van der Waals surface area contributed by atoms with Gasteiger partial charge in [-0.05, 0) is 31.9 Å². The van der Waals surface area contributed by atoms with Gasteiger partial charge in [0.1, 0.15) is 11.9 Å². The number of amides is 1. The number of hydrogen-bond donors (Lipinski definition) is 2. The standard InChI is InChI=1S/C13H17N3O3/c1-9(13(18)19)15-12(17)10-4-5-11(14-8-10)16-6-2-3-7-16/h4-5,8-9H,2-3,6-7H2,1H3,(H,15,17)(H,18,19)/t9-/m0/s1. The molecule has 1 fully saturated rings. The van der Waals surface area contributed by atoms with Crippen molar-refractivity contribution >= 4 is 17.7 Å². The van der Waals surface area contributed by atoms with Gasteiger partial charge in [0.25, 0.3) is 5.91 Å². The molecule has 0 spiro atoms. The molecule has 2 rings (SSSR count). The molecule has 1 atom stereocenters. The van der Waals surface area contributed by atoms with Gasteiger partial charge in [0.2, 0.25) is 0 Å². The monoisotopic (exact) mass is 263 g/mol. The molecule has 6 nitrogen and oxygen atoms in total. The van der Waals surface area contributed by atoms with Gasteiger partial charge < -0.3 is 15.3 Å². The molecule has 1 aromatic heterocycles. The lowest BCUT2D eigenvalue weighted by molar-refractivity contribution is -0.138. The molecule has 1 amide bonds. The molecule has 19 heavy (non-hydrogen) atoms. The Morgan fingerprint density at radius 1 is 1.37 bits per heavy atom. The quantitative estimate of drug-likeness (QED) is 0.842. The van der Waals surface area contributed by atoms with E-state index in [0.717, 1.165) is 18.9 Å². The highest BCUT2D eigenvalue weighted by Gasteiger charge is 2.17. The number of anilines is 1. The van der Waals surface area contributed by atoms with Crippen LogP contribution < -0.4 is 10.2 Å². The third kappa shape index (κ3) is 3.21. The number of carbonyl (C=O) groups excluding carboxylic acids is 1. The van der Waals surface area contributed by atoms with E-state index < -0.39 is 17.9 Å². The zero-order valence-corrected chi connectivity index (χ0v) is 10.8. The van der Waals surface area contributed by atoms with Gasteiger partial charge in [-0.2, -0.15) is 0 Å². The second-order valence-electron chi connectivity index (χ2n) is 4.63. The fourth-order valence-electron chi connectivity index (χ4n) is 2.00. The number of rotatable bonds is 4. The van der Waals surface area contributed by atoms with Gasteiger partial charge in [-0.25, -0.2) is 4.98 Å². The highest BCUT2D eigenvalue weighted by Crippen LogP contribution is 2.17. The minimum absolute atomic E-state index is 0.371. The van der Waals surface area contributed by atoms with Crippen LogP contribution >= 0.6 is 0 Å². The van der Waals surface area contributed by atoms with Gasteiger partial charge in [-0.3, -0.25) is 9.59 Å². The summed E-state index contributed by atoms with van der Waals surface area (Å²) in [5, 5.41) is 11.1. The number of nitrogens with zero attached hydrogens (tertiary/aromatic N) is 2. The number of carbonyl (C=O) groups is 2. The molecule has 1 aliphatic heterocycles. The lowest BCUT2D eigenvalue weighted by atomic mass is 10.2. The minimum Gasteiger partial charge on any atom is -0.480 e. The molecular formula is C13H17N3O3. The van der Waals surface area contributed by atoms with Gasteiger partial charge in [0.05, 0.1) is 5.56 Å². The van der Waals surface area contributed by atoms with Gasteiger partial charge in [-0.1, -0.05) is 0 Å². The maximum absolute atomic E-state index is 11.8. The van der Waals surface area contributed by atoms with E-state index in [2.05, 4.69) is 15.2 Å². The van der Waals surface area contributed by atoms with Crippen molar-refractivity contribution in [3.8, 4) is 0 Å². The fourth-order valence-corrected chi connectivity index (χ4v) is 2.00. The van der Waals surface area contributed by atoms with Crippen molar-refractivity contribution in [3.05, 3.63) is 23.9 Å². The molecule has 0 bridgehead atoms. The summed E-state index contributed by atoms with van der Waals surface area (Å²) < 4.78 is 0. The summed E-state index contributed by atoms with van der Waals surface area (Å²) in [5.41, 5.74) is 0.371. The van der Waals surface area contributed by atoms with Crippen molar-refractivity contribution in [2.24, 2.45) is 0 Å². The molecular weight excluding hydrogens is 246 g/mol. The summed E-state index contributed by atoms with van der Waals surface area (Å²) in [4.78, 5) is 28.8. The smallest absolute Gasteiger partial charge is 0.325 e. The first kappa shape index (κ1) is 13.3. The Balaban J connectivity index is 2.01. The third-order valence-electron chi connectivity index (χ3n) is 3.16. The Morgan fingerprint density at radius 2 is 2.05 bits per heavy atom. The summed E-state index contributed by atoms with van der Waals surface area (Å²) in [6.07, 6.45) is 3.82. The van der Waals surface area contributed by atoms with E-state index in [1.54, 1.807) is 12.1 Å². The molecule has 1 aliphatic rings. The van der Waals surface area contributed by atoms with Gasteiger partial charge in [0.15, 0.2) is 0 Å². The van der Waals surface area contributed by atoms with Crippen LogP contribution in [0.15, 0.2) is 18.3 Å². The normalized spacial score (nSPS) is 16.2. The van der Waals surface area contributed by atoms with Crippen molar-refractivity contribution in [1.82, 2.24) is 10.3 Å². The number of carboxylic acid groups (broad SMARTS) is 1. The van der Waals surface area contributed by atoms with Crippen LogP contribution in [0.1, 0.15) is 30.1 Å². The summed E-state index contributed by atoms with van der Waals surface area (Å²) in [7, 11) is 0. The van der Waals surface area contributed by atoms with Crippen LogP contribution in [0.4, 0.5) is 5.82 Å². The number of carboxylic acids is 1. The molecule has 1 aromatic rings. The Morgan fingerprint density at radius 3 is 2.58 bits per heavy atom. The molecule has 0 aromatic carbocycles. The van der Waals surface area contributed by atoms with Crippen molar-refractivity contribution < 1.29 is 14.7 Å². The van der Waals surface area contributed by atoms with Crippen LogP contribution in [0, 0.1) is 0 Å². The number of pyridine rings is 1. The molecule has 2 N–H and O–H groups in total. The van der Waals surface area contributed by atoms with Crippen molar-refractivity contribution in [2.75, 3.05) is 18.0 Å². The SMILES string of the molecule is C[C@H](NC(=O)c1ccc(N2CCCC2)nc1)C(=O)O. The van der Waals surface area contributed by atoms with E-state index in [1.165, 1.54) is 26.0 Å². The molecule has 0 aliphatic carbocycles. The maximum Gasteiger partial charge on any atom is 0.325 e. The van der Waals surface area contributed by atoms with E-state index in [0.29, 0.717) is 5.56 Å². The third-order valence-corrected chi connectivity index (χ3v) is 3.16. The van der Waals surface area contributed by atoms with E-state index in [-0.39, 0.29) is 0 Å². The van der Waals surface area contributed by atoms with Gasteiger partial charge >= 0.3 is 5.97 Å². The van der Waals surface area contributed by atoms with Crippen molar-refractivity contribution in [3.63, 3.8) is 0 Å². The summed E-state index contributed by atoms with van der Waals surface area (Å²) in [5.74, 6) is -0.620. The van der Waals surface area contributed by atoms with Crippen LogP contribution in [0.5, 0.6) is 0 Å². The molecule has 0 saturated carbocycles. The van der Waals surface area contributed by atoms with Crippen molar-refractivity contribution in [2.45, 2.75) is 25.8 Å². The topological polar surface area (TPSA) is 82.5 Å². The van der Waals surface area contributed by atoms with E-state index >= 15 is 0 Å². The van der Waals surface area contributed by atoms with Crippen LogP contribution in [0.25, 0.3) is 0 Å². The number of aromatic nitrogens is 1. The first-order chi connectivity index (χ1) is 9.08. The summed E-state index contributed by atoms with van der Waals surface area (Å²) in [6, 6.07) is 2.56. The van der Waals surface area contributed by atoms with Gasteiger partial charge in [0, 0.05) is 19.3 Å². The Kier molecular flexibility index (Phi) is 3.99. The molecule has 0 unspecified atom stereocenters. The lowest BCUT2D eigenvalue weighted by Gasteiger charge is -2.16. The van der Waals surface area contributed by atoms with Crippen LogP contribution in [-0.4, -0.2) is 41.1 Å². The molecule has 0 radical (unpaired) electrons. The molecule has 2 heterocycles. The Bertz CT molecular complexity index is 467. The fraction of sp³-hybridized carbons (Fsp3) is 0.462. The first-order valence-corrected chi connectivity index (χ1v) is 6.32. The highest BCUT2D eigenvalue weighted by atomic mass is 16.4. The average molecular weight is 263 g/mol. The highest BCUT2D eigenvalue weighted by molar-refractivity contribution is 5.96. The van der Waals surface area contributed by atoms with Crippen LogP contribution in [0.2, 0.25) is 0 Å². The van der Waals surface area contributed by atoms with E-state index in [9.17, 15) is 9.59 Å². The first-order valence-electron chi connectivity index (χ1n) is 6.32. The van der Waals surface area contributed by atoms with Gasteiger partial charge in [-0.15, -0.1) is 0 Å². The Hall–Kier alpha value is -2.11. The summed E-state index contributed by atoms with van der Waals surface area (Å²) in [6.45, 7) is 3.41. The zero-order chi connectivity index (χ0) is 13.8. The largest absolute Gasteiger partial charge is 0.480 e. The minimum atomic E-state index is -1.06. The average Bonchev–Trinajstić information content (AvgIpc) is 2.92. The van der Waals surface area contributed by atoms with E-state index in [1.807, 2.05) is 0 Å². The number of nitrogens with one attached hydrogen (secondary N) is 1. The lowest BCUT2D eigenvalue weighted by Crippen LogP contribution is -2.38. The van der Waals surface area contributed by atoms with Crippen LogP contribution in [0.3, 0.4) is 0 Å². The summed E-state index contributed by atoms with van der Waals surface area (Å²) >= 11 is 0. The second kappa shape index (κ2) is 5.69. The predicted molar refractivity (Wildman–Crippen MR) is 70.2 cm³/mol. The van der Waals surface area contributed by atoms with E-state index in [4.69, 9.17) is 5.11 Å². The maximum atomic E-state index is 11.8. The zero-order valence-electron chi connectivity index (χ0n) is 10.8. The number of hydrogen-bond acceptors (Lipinski definition) is 4. The van der Waals surface area contributed by atoms with Crippen LogP contribution in [-0.2, 0) is 4.79 Å². The van der Waals surface area contributed by atoms with Crippen molar-refractivity contribution in [1.29, 1.82) is 0 Å². The number of aliphatic carboxylic acids is 1. The predicted octanol–water partition coefficient (Wildman–Crippen LogP) is 0.885. The molecule has 1 saturated heterocycles. The second-order valence-corrected chi connectivity index (χ2v) is 4.63. The molecule has 6 heteroatoms.